The molecule has 0 bridgehead atoms. The quantitative estimate of drug-likeness (QED) is 0.738. The van der Waals surface area contributed by atoms with Crippen molar-refractivity contribution in [3.8, 4) is 0 Å². The summed E-state index contributed by atoms with van der Waals surface area (Å²) in [5, 5.41) is 11.8. The number of halogens is 2. The summed E-state index contributed by atoms with van der Waals surface area (Å²) in [5.74, 6) is -0.527. The van der Waals surface area contributed by atoms with Gasteiger partial charge in [0.15, 0.2) is 0 Å². The fourth-order valence-electron chi connectivity index (χ4n) is 2.69. The molecule has 3 aromatic rings. The molecule has 0 saturated carbocycles. The molecule has 2 heterocycles. The van der Waals surface area contributed by atoms with Crippen LogP contribution in [0.2, 0.25) is 5.02 Å². The van der Waals surface area contributed by atoms with Gasteiger partial charge in [0.25, 0.3) is 0 Å². The van der Waals surface area contributed by atoms with Crippen LogP contribution in [-0.4, -0.2) is 25.5 Å². The van der Waals surface area contributed by atoms with Gasteiger partial charge in [-0.1, -0.05) is 29.8 Å². The number of hydrogen-bond acceptors (Lipinski definition) is 3. The fourth-order valence-corrected chi connectivity index (χ4v) is 2.82. The fraction of sp³-hybridized carbons (Fsp3) is 0.278. The molecule has 8 heteroatoms. The van der Waals surface area contributed by atoms with Gasteiger partial charge in [-0.3, -0.25) is 14.2 Å². The smallest absolute Gasteiger partial charge is 0.249 e. The monoisotopic (exact) mass is 375 g/mol. The molecule has 1 amide bonds. The van der Waals surface area contributed by atoms with Crippen molar-refractivity contribution in [2.75, 3.05) is 5.32 Å². The normalized spacial score (nSPS) is 12.2. The average molecular weight is 376 g/mol. The Labute approximate surface area is 155 Å². The largest absolute Gasteiger partial charge is 0.322 e. The Bertz CT molecular complexity index is 949. The molecule has 0 spiro atoms. The van der Waals surface area contributed by atoms with E-state index in [-0.39, 0.29) is 18.3 Å². The minimum absolute atomic E-state index is 0.238. The zero-order valence-corrected chi connectivity index (χ0v) is 15.5. The summed E-state index contributed by atoms with van der Waals surface area (Å²) in [6.07, 6.45) is 3.19. The van der Waals surface area contributed by atoms with E-state index in [4.69, 9.17) is 11.6 Å². The van der Waals surface area contributed by atoms with E-state index in [1.54, 1.807) is 47.6 Å². The Morgan fingerprint density at radius 1 is 1.35 bits per heavy atom. The Morgan fingerprint density at radius 2 is 2.08 bits per heavy atom. The summed E-state index contributed by atoms with van der Waals surface area (Å²) in [5.41, 5.74) is 2.48. The van der Waals surface area contributed by atoms with Gasteiger partial charge in [-0.2, -0.15) is 10.2 Å². The van der Waals surface area contributed by atoms with Crippen molar-refractivity contribution in [2.45, 2.75) is 33.4 Å². The van der Waals surface area contributed by atoms with Crippen LogP contribution >= 0.6 is 11.6 Å². The van der Waals surface area contributed by atoms with Crippen LogP contribution in [0.3, 0.4) is 0 Å². The molecule has 3 rings (SSSR count). The van der Waals surface area contributed by atoms with Gasteiger partial charge in [-0.25, -0.2) is 4.39 Å². The lowest BCUT2D eigenvalue weighted by Gasteiger charge is -2.13. The molecule has 1 unspecified atom stereocenters. The number of carbonyl (C=O) groups is 1. The zero-order chi connectivity index (χ0) is 18.8. The number of carbonyl (C=O) groups excluding carboxylic acids is 1. The van der Waals surface area contributed by atoms with E-state index < -0.39 is 6.04 Å². The number of amides is 1. The average Bonchev–Trinajstić information content (AvgIpc) is 3.16. The second-order valence-electron chi connectivity index (χ2n) is 6.11. The van der Waals surface area contributed by atoms with Crippen molar-refractivity contribution in [3.05, 3.63) is 64.5 Å². The molecule has 1 atom stereocenters. The summed E-state index contributed by atoms with van der Waals surface area (Å²) in [6.45, 7) is 5.64. The third-order valence-corrected chi connectivity index (χ3v) is 4.72. The highest BCUT2D eigenvalue weighted by Crippen LogP contribution is 2.23. The molecular weight excluding hydrogens is 357 g/mol. The third-order valence-electron chi connectivity index (χ3n) is 4.17. The Kier molecular flexibility index (Phi) is 5.08. The van der Waals surface area contributed by atoms with Crippen molar-refractivity contribution in [3.63, 3.8) is 0 Å². The van der Waals surface area contributed by atoms with Gasteiger partial charge in [0, 0.05) is 11.8 Å². The highest BCUT2D eigenvalue weighted by atomic mass is 35.5. The number of hydrogen-bond donors (Lipinski definition) is 1. The molecule has 0 aliphatic heterocycles. The van der Waals surface area contributed by atoms with Crippen molar-refractivity contribution in [2.24, 2.45) is 0 Å². The summed E-state index contributed by atoms with van der Waals surface area (Å²) in [6, 6.07) is 5.98. The topological polar surface area (TPSA) is 64.7 Å². The number of benzene rings is 1. The Balaban J connectivity index is 1.69. The molecule has 1 aromatic carbocycles. The van der Waals surface area contributed by atoms with E-state index in [2.05, 4.69) is 15.5 Å². The molecule has 0 radical (unpaired) electrons. The van der Waals surface area contributed by atoms with Gasteiger partial charge in [0.2, 0.25) is 5.91 Å². The second kappa shape index (κ2) is 7.29. The van der Waals surface area contributed by atoms with E-state index in [9.17, 15) is 9.18 Å². The first-order chi connectivity index (χ1) is 12.4. The van der Waals surface area contributed by atoms with E-state index in [1.165, 1.54) is 12.3 Å². The highest BCUT2D eigenvalue weighted by molar-refractivity contribution is 6.31. The van der Waals surface area contributed by atoms with Crippen LogP contribution in [-0.2, 0) is 11.3 Å². The SMILES string of the molecule is Cc1nn(C(C)C(=O)Nc2cnn(Cc3ccccc3F)c2)c(C)c1Cl. The lowest BCUT2D eigenvalue weighted by Crippen LogP contribution is -2.25. The maximum atomic E-state index is 13.7. The number of rotatable bonds is 5. The predicted molar refractivity (Wildman–Crippen MR) is 97.8 cm³/mol. The molecule has 26 heavy (non-hydrogen) atoms. The minimum atomic E-state index is -0.531. The second-order valence-corrected chi connectivity index (χ2v) is 6.49. The van der Waals surface area contributed by atoms with Crippen molar-refractivity contribution < 1.29 is 9.18 Å². The van der Waals surface area contributed by atoms with Gasteiger partial charge < -0.3 is 5.32 Å². The van der Waals surface area contributed by atoms with Gasteiger partial charge >= 0.3 is 0 Å². The van der Waals surface area contributed by atoms with Crippen LogP contribution in [0, 0.1) is 19.7 Å². The number of nitrogens with one attached hydrogen (secondary N) is 1. The summed E-state index contributed by atoms with van der Waals surface area (Å²) in [7, 11) is 0. The van der Waals surface area contributed by atoms with E-state index in [0.717, 1.165) is 5.69 Å². The van der Waals surface area contributed by atoms with Crippen LogP contribution < -0.4 is 5.32 Å². The van der Waals surface area contributed by atoms with Crippen LogP contribution in [0.5, 0.6) is 0 Å². The summed E-state index contributed by atoms with van der Waals surface area (Å²) in [4.78, 5) is 12.5. The third kappa shape index (κ3) is 3.62. The zero-order valence-electron chi connectivity index (χ0n) is 14.7. The van der Waals surface area contributed by atoms with Gasteiger partial charge in [0.05, 0.1) is 34.8 Å². The Morgan fingerprint density at radius 3 is 2.73 bits per heavy atom. The minimum Gasteiger partial charge on any atom is -0.322 e. The number of aryl methyl sites for hydroxylation is 1. The van der Waals surface area contributed by atoms with Gasteiger partial charge in [0.1, 0.15) is 11.9 Å². The number of nitrogens with zero attached hydrogens (tertiary/aromatic N) is 4. The summed E-state index contributed by atoms with van der Waals surface area (Å²) < 4.78 is 16.9. The maximum Gasteiger partial charge on any atom is 0.249 e. The highest BCUT2D eigenvalue weighted by Gasteiger charge is 2.21. The number of anilines is 1. The van der Waals surface area contributed by atoms with Crippen molar-refractivity contribution >= 4 is 23.2 Å². The molecular formula is C18H19ClFN5O. The first kappa shape index (κ1) is 18.1. The molecule has 136 valence electrons. The molecule has 0 aliphatic carbocycles. The predicted octanol–water partition coefficient (Wildman–Crippen LogP) is 3.74. The Hall–Kier alpha value is -2.67. The van der Waals surface area contributed by atoms with E-state index >= 15 is 0 Å². The molecule has 0 fully saturated rings. The molecule has 0 saturated heterocycles. The standard InChI is InChI=1S/C18H19ClFN5O/c1-11-17(19)12(2)25(23-11)13(3)18(26)22-15-8-21-24(10-15)9-14-6-4-5-7-16(14)20/h4-8,10,13H,9H2,1-3H3,(H,22,26). The van der Waals surface area contributed by atoms with E-state index in [0.29, 0.717) is 22.0 Å². The maximum absolute atomic E-state index is 13.7. The van der Waals surface area contributed by atoms with Crippen LogP contribution in [0.15, 0.2) is 36.7 Å². The van der Waals surface area contributed by atoms with E-state index in [1.807, 2.05) is 6.92 Å². The molecule has 2 aromatic heterocycles. The summed E-state index contributed by atoms with van der Waals surface area (Å²) >= 11 is 6.14. The van der Waals surface area contributed by atoms with Crippen molar-refractivity contribution in [1.29, 1.82) is 0 Å². The van der Waals surface area contributed by atoms with Gasteiger partial charge in [-0.15, -0.1) is 0 Å². The lowest BCUT2D eigenvalue weighted by molar-refractivity contribution is -0.119. The lowest BCUT2D eigenvalue weighted by atomic mass is 10.2. The van der Waals surface area contributed by atoms with Crippen LogP contribution in [0.1, 0.15) is 29.9 Å². The molecule has 1 N–H and O–H groups in total. The van der Waals surface area contributed by atoms with Gasteiger partial charge in [-0.05, 0) is 26.8 Å². The van der Waals surface area contributed by atoms with Crippen LogP contribution in [0.25, 0.3) is 0 Å². The molecule has 6 nitrogen and oxygen atoms in total. The number of aromatic nitrogens is 4. The first-order valence-electron chi connectivity index (χ1n) is 8.14. The van der Waals surface area contributed by atoms with Crippen molar-refractivity contribution in [1.82, 2.24) is 19.6 Å². The first-order valence-corrected chi connectivity index (χ1v) is 8.52. The molecule has 0 aliphatic rings. The van der Waals surface area contributed by atoms with Crippen LogP contribution in [0.4, 0.5) is 10.1 Å².